The van der Waals surface area contributed by atoms with Gasteiger partial charge in [0.1, 0.15) is 0 Å². The smallest absolute Gasteiger partial charge is 0.319 e. The largest absolute Gasteiger partial charge is 0.351 e. The van der Waals surface area contributed by atoms with Crippen molar-refractivity contribution >= 4 is 23.3 Å². The molecule has 1 heterocycles. The summed E-state index contributed by atoms with van der Waals surface area (Å²) in [4.78, 5) is 12.5. The third-order valence-corrected chi connectivity index (χ3v) is 2.52. The number of fused-ring (bicyclic) bond motifs is 1. The molecule has 2 N–H and O–H groups in total. The van der Waals surface area contributed by atoms with E-state index in [-0.39, 0.29) is 0 Å². The summed E-state index contributed by atoms with van der Waals surface area (Å²) in [5, 5.41) is 0.591. The van der Waals surface area contributed by atoms with Crippen LogP contribution in [0, 0.1) is 0 Å². The molecule has 1 aliphatic heterocycles. The van der Waals surface area contributed by atoms with Crippen LogP contribution in [-0.2, 0) is 6.42 Å². The zero-order valence-corrected chi connectivity index (χ0v) is 7.71. The van der Waals surface area contributed by atoms with Crippen molar-refractivity contribution in [1.82, 2.24) is 0 Å². The molecule has 1 aliphatic rings. The van der Waals surface area contributed by atoms with E-state index in [1.807, 2.05) is 12.1 Å². The maximum absolute atomic E-state index is 11.0. The van der Waals surface area contributed by atoms with Crippen molar-refractivity contribution in [1.29, 1.82) is 0 Å². The van der Waals surface area contributed by atoms with E-state index < -0.39 is 6.03 Å². The fourth-order valence-corrected chi connectivity index (χ4v) is 1.92. The van der Waals surface area contributed by atoms with Crippen LogP contribution in [0.2, 0.25) is 5.02 Å². The Morgan fingerprint density at radius 1 is 1.54 bits per heavy atom. The third-order valence-electron chi connectivity index (χ3n) is 2.21. The van der Waals surface area contributed by atoms with Crippen molar-refractivity contribution in [2.24, 2.45) is 5.73 Å². The lowest BCUT2D eigenvalue weighted by Crippen LogP contribution is -2.34. The van der Waals surface area contributed by atoms with Gasteiger partial charge in [-0.05, 0) is 18.1 Å². The van der Waals surface area contributed by atoms with Crippen LogP contribution in [0.3, 0.4) is 0 Å². The first-order chi connectivity index (χ1) is 6.20. The van der Waals surface area contributed by atoms with E-state index >= 15 is 0 Å². The number of nitrogens with zero attached hydrogens (tertiary/aromatic N) is 1. The Labute approximate surface area is 81.1 Å². The van der Waals surface area contributed by atoms with Gasteiger partial charge in [-0.25, -0.2) is 4.79 Å². The quantitative estimate of drug-likeness (QED) is 0.676. The molecule has 0 spiro atoms. The minimum absolute atomic E-state index is 0.438. The van der Waals surface area contributed by atoms with Crippen molar-refractivity contribution in [3.8, 4) is 0 Å². The second-order valence-electron chi connectivity index (χ2n) is 2.99. The maximum atomic E-state index is 11.0. The van der Waals surface area contributed by atoms with Gasteiger partial charge in [0.2, 0.25) is 0 Å². The second kappa shape index (κ2) is 2.92. The molecule has 1 aromatic rings. The fourth-order valence-electron chi connectivity index (χ4n) is 1.63. The van der Waals surface area contributed by atoms with Gasteiger partial charge in [-0.2, -0.15) is 0 Å². The predicted molar refractivity (Wildman–Crippen MR) is 52.1 cm³/mol. The molecule has 2 amide bonds. The first kappa shape index (κ1) is 8.38. The summed E-state index contributed by atoms with van der Waals surface area (Å²) in [5.74, 6) is 0. The molecule has 4 heteroatoms. The summed E-state index contributed by atoms with van der Waals surface area (Å²) >= 11 is 5.96. The summed E-state index contributed by atoms with van der Waals surface area (Å²) in [5.41, 5.74) is 7.07. The van der Waals surface area contributed by atoms with E-state index in [2.05, 4.69) is 0 Å². The Hall–Kier alpha value is -1.22. The summed E-state index contributed by atoms with van der Waals surface area (Å²) in [7, 11) is 0. The number of nitrogens with two attached hydrogens (primary N) is 1. The Bertz CT molecular complexity index is 365. The van der Waals surface area contributed by atoms with Crippen molar-refractivity contribution < 1.29 is 4.79 Å². The molecule has 1 aromatic carbocycles. The van der Waals surface area contributed by atoms with Crippen LogP contribution in [0.5, 0.6) is 0 Å². The maximum Gasteiger partial charge on any atom is 0.319 e. The average molecular weight is 197 g/mol. The molecule has 0 saturated carbocycles. The number of carbonyl (C=O) groups is 1. The first-order valence-electron chi connectivity index (χ1n) is 4.04. The number of halogens is 1. The molecule has 68 valence electrons. The normalized spacial score (nSPS) is 14.4. The van der Waals surface area contributed by atoms with Gasteiger partial charge in [0.25, 0.3) is 0 Å². The van der Waals surface area contributed by atoms with Gasteiger partial charge in [0.05, 0.1) is 10.7 Å². The van der Waals surface area contributed by atoms with Crippen LogP contribution in [0.4, 0.5) is 10.5 Å². The minimum atomic E-state index is -0.438. The van der Waals surface area contributed by atoms with Gasteiger partial charge < -0.3 is 5.73 Å². The average Bonchev–Trinajstić information content (AvgIpc) is 2.49. The molecule has 0 fully saturated rings. The van der Waals surface area contributed by atoms with Crippen molar-refractivity contribution in [2.75, 3.05) is 11.4 Å². The lowest BCUT2D eigenvalue weighted by molar-refractivity contribution is 0.254. The fraction of sp³-hybridized carbons (Fsp3) is 0.222. The Balaban J connectivity index is 2.52. The highest BCUT2D eigenvalue weighted by molar-refractivity contribution is 6.34. The number of anilines is 1. The second-order valence-corrected chi connectivity index (χ2v) is 3.39. The minimum Gasteiger partial charge on any atom is -0.351 e. The van der Waals surface area contributed by atoms with Gasteiger partial charge in [-0.15, -0.1) is 0 Å². The number of urea groups is 1. The molecular formula is C9H9ClN2O. The molecule has 0 aromatic heterocycles. The number of hydrogen-bond donors (Lipinski definition) is 1. The number of amides is 2. The Kier molecular flexibility index (Phi) is 1.88. The van der Waals surface area contributed by atoms with E-state index in [9.17, 15) is 4.79 Å². The van der Waals surface area contributed by atoms with Crippen LogP contribution >= 0.6 is 11.6 Å². The highest BCUT2D eigenvalue weighted by Crippen LogP contribution is 2.34. The lowest BCUT2D eigenvalue weighted by atomic mass is 10.2. The third kappa shape index (κ3) is 1.25. The van der Waals surface area contributed by atoms with Gasteiger partial charge in [0.15, 0.2) is 0 Å². The van der Waals surface area contributed by atoms with Crippen molar-refractivity contribution in [3.05, 3.63) is 28.8 Å². The van der Waals surface area contributed by atoms with E-state index in [4.69, 9.17) is 17.3 Å². The molecule has 13 heavy (non-hydrogen) atoms. The SMILES string of the molecule is NC(=O)N1CCc2cccc(Cl)c21. The van der Waals surface area contributed by atoms with Gasteiger partial charge in [-0.1, -0.05) is 23.7 Å². The number of primary amides is 1. The summed E-state index contributed by atoms with van der Waals surface area (Å²) < 4.78 is 0. The highest BCUT2D eigenvalue weighted by atomic mass is 35.5. The zero-order valence-electron chi connectivity index (χ0n) is 6.96. The van der Waals surface area contributed by atoms with Crippen LogP contribution in [0.25, 0.3) is 0 Å². The molecule has 0 atom stereocenters. The molecule has 0 unspecified atom stereocenters. The topological polar surface area (TPSA) is 46.3 Å². The van der Waals surface area contributed by atoms with Crippen molar-refractivity contribution in [2.45, 2.75) is 6.42 Å². The zero-order chi connectivity index (χ0) is 9.42. The monoisotopic (exact) mass is 196 g/mol. The first-order valence-corrected chi connectivity index (χ1v) is 4.42. The van der Waals surface area contributed by atoms with Crippen LogP contribution in [0.15, 0.2) is 18.2 Å². The van der Waals surface area contributed by atoms with Gasteiger partial charge in [-0.3, -0.25) is 4.90 Å². The van der Waals surface area contributed by atoms with Crippen LogP contribution in [0.1, 0.15) is 5.56 Å². The summed E-state index contributed by atoms with van der Waals surface area (Å²) in [6.07, 6.45) is 0.832. The number of carbonyl (C=O) groups excluding carboxylic acids is 1. The number of hydrogen-bond acceptors (Lipinski definition) is 1. The summed E-state index contributed by atoms with van der Waals surface area (Å²) in [6, 6.07) is 5.17. The van der Waals surface area contributed by atoms with Crippen molar-refractivity contribution in [3.63, 3.8) is 0 Å². The standard InChI is InChI=1S/C9H9ClN2O/c10-7-3-1-2-6-4-5-12(8(6)7)9(11)13/h1-3H,4-5H2,(H2,11,13). The van der Waals surface area contributed by atoms with E-state index in [1.165, 1.54) is 4.90 Å². The molecular weight excluding hydrogens is 188 g/mol. The molecule has 0 aliphatic carbocycles. The molecule has 0 saturated heterocycles. The van der Waals surface area contributed by atoms with E-state index in [1.54, 1.807) is 6.07 Å². The number of rotatable bonds is 0. The molecule has 3 nitrogen and oxygen atoms in total. The molecule has 0 radical (unpaired) electrons. The number of benzene rings is 1. The number of para-hydroxylation sites is 1. The summed E-state index contributed by atoms with van der Waals surface area (Å²) in [6.45, 7) is 0.633. The van der Waals surface area contributed by atoms with Gasteiger partial charge in [0, 0.05) is 6.54 Å². The Morgan fingerprint density at radius 2 is 2.31 bits per heavy atom. The van der Waals surface area contributed by atoms with Gasteiger partial charge >= 0.3 is 6.03 Å². The molecule has 0 bridgehead atoms. The highest BCUT2D eigenvalue weighted by Gasteiger charge is 2.24. The molecule has 2 rings (SSSR count). The lowest BCUT2D eigenvalue weighted by Gasteiger charge is -2.14. The van der Waals surface area contributed by atoms with E-state index in [0.29, 0.717) is 11.6 Å². The predicted octanol–water partition coefficient (Wildman–Crippen LogP) is 1.78. The van der Waals surface area contributed by atoms with E-state index in [0.717, 1.165) is 17.7 Å². The van der Waals surface area contributed by atoms with Crippen LogP contribution < -0.4 is 10.6 Å². The van der Waals surface area contributed by atoms with Crippen LogP contribution in [-0.4, -0.2) is 12.6 Å². The Morgan fingerprint density at radius 3 is 3.00 bits per heavy atom.